The third-order valence-electron chi connectivity index (χ3n) is 5.57. The SMILES string of the molecule is CC[C@H]1C[NH+]2CC[C@H]1C[C@@H]2CNC(=S)Nc1ccc(OC)cc1. The second-order valence-corrected chi connectivity index (χ2v) is 7.23. The first-order valence-electron chi connectivity index (χ1n) is 8.73. The Morgan fingerprint density at radius 2 is 2.13 bits per heavy atom. The molecule has 3 fully saturated rings. The van der Waals surface area contributed by atoms with Crippen molar-refractivity contribution in [1.29, 1.82) is 0 Å². The van der Waals surface area contributed by atoms with Crippen molar-refractivity contribution in [2.24, 2.45) is 11.8 Å². The van der Waals surface area contributed by atoms with Crippen LogP contribution in [0.1, 0.15) is 26.2 Å². The fourth-order valence-corrected chi connectivity index (χ4v) is 4.40. The fourth-order valence-electron chi connectivity index (χ4n) is 4.20. The number of hydrogen-bond donors (Lipinski definition) is 3. The maximum absolute atomic E-state index is 5.44. The Morgan fingerprint density at radius 3 is 2.74 bits per heavy atom. The van der Waals surface area contributed by atoms with E-state index < -0.39 is 0 Å². The summed E-state index contributed by atoms with van der Waals surface area (Å²) in [6.45, 7) is 6.01. The van der Waals surface area contributed by atoms with Gasteiger partial charge in [0.05, 0.1) is 26.7 Å². The van der Waals surface area contributed by atoms with Gasteiger partial charge in [0, 0.05) is 24.4 Å². The minimum Gasteiger partial charge on any atom is -0.497 e. The lowest BCUT2D eigenvalue weighted by molar-refractivity contribution is -0.945. The minimum absolute atomic E-state index is 0.712. The number of piperidine rings is 3. The van der Waals surface area contributed by atoms with Gasteiger partial charge < -0.3 is 20.3 Å². The van der Waals surface area contributed by atoms with Gasteiger partial charge in [-0.2, -0.15) is 0 Å². The summed E-state index contributed by atoms with van der Waals surface area (Å²) in [6.07, 6.45) is 4.11. The highest BCUT2D eigenvalue weighted by Crippen LogP contribution is 2.28. The lowest BCUT2D eigenvalue weighted by Gasteiger charge is -2.46. The Labute approximate surface area is 144 Å². The molecule has 3 aliphatic heterocycles. The van der Waals surface area contributed by atoms with Gasteiger partial charge in [0.2, 0.25) is 0 Å². The number of methoxy groups -OCH3 is 1. The summed E-state index contributed by atoms with van der Waals surface area (Å²) in [7, 11) is 1.67. The summed E-state index contributed by atoms with van der Waals surface area (Å²) in [4.78, 5) is 1.78. The molecule has 1 unspecified atom stereocenters. The van der Waals surface area contributed by atoms with Gasteiger partial charge >= 0.3 is 0 Å². The van der Waals surface area contributed by atoms with Crippen molar-refractivity contribution in [2.45, 2.75) is 32.2 Å². The molecule has 4 nitrogen and oxygen atoms in total. The van der Waals surface area contributed by atoms with Crippen LogP contribution in [-0.2, 0) is 0 Å². The van der Waals surface area contributed by atoms with Crippen LogP contribution in [-0.4, -0.2) is 37.9 Å². The predicted molar refractivity (Wildman–Crippen MR) is 98.2 cm³/mol. The van der Waals surface area contributed by atoms with Crippen LogP contribution in [0.3, 0.4) is 0 Å². The van der Waals surface area contributed by atoms with Crippen LogP contribution in [0.4, 0.5) is 5.69 Å². The number of thiocarbonyl (C=S) groups is 1. The van der Waals surface area contributed by atoms with Gasteiger partial charge in [0.1, 0.15) is 11.8 Å². The summed E-state index contributed by atoms with van der Waals surface area (Å²) in [5.74, 6) is 2.74. The third kappa shape index (κ3) is 3.96. The van der Waals surface area contributed by atoms with Crippen LogP contribution in [0.2, 0.25) is 0 Å². The van der Waals surface area contributed by atoms with Crippen molar-refractivity contribution in [3.8, 4) is 5.75 Å². The van der Waals surface area contributed by atoms with E-state index in [1.165, 1.54) is 32.4 Å². The largest absolute Gasteiger partial charge is 0.497 e. The van der Waals surface area contributed by atoms with Crippen molar-refractivity contribution < 1.29 is 9.64 Å². The summed E-state index contributed by atoms with van der Waals surface area (Å²) in [6, 6.07) is 8.55. The van der Waals surface area contributed by atoms with E-state index in [-0.39, 0.29) is 0 Å². The van der Waals surface area contributed by atoms with Gasteiger partial charge in [-0.15, -0.1) is 0 Å². The first-order valence-corrected chi connectivity index (χ1v) is 9.14. The molecule has 0 amide bonds. The summed E-state index contributed by atoms with van der Waals surface area (Å²) < 4.78 is 5.17. The molecule has 0 aliphatic carbocycles. The highest BCUT2D eigenvalue weighted by molar-refractivity contribution is 7.80. The molecule has 2 bridgehead atoms. The van der Waals surface area contributed by atoms with Crippen molar-refractivity contribution in [3.63, 3.8) is 0 Å². The number of anilines is 1. The molecule has 4 atom stereocenters. The smallest absolute Gasteiger partial charge is 0.170 e. The molecule has 4 rings (SSSR count). The van der Waals surface area contributed by atoms with E-state index >= 15 is 0 Å². The zero-order valence-electron chi connectivity index (χ0n) is 14.1. The molecule has 0 spiro atoms. The van der Waals surface area contributed by atoms with Crippen molar-refractivity contribution in [3.05, 3.63) is 24.3 Å². The Hall–Kier alpha value is -1.33. The van der Waals surface area contributed by atoms with E-state index in [0.717, 1.165) is 29.8 Å². The summed E-state index contributed by atoms with van der Waals surface area (Å²) in [5.41, 5.74) is 0.993. The average Bonchev–Trinajstić information content (AvgIpc) is 2.61. The first-order chi connectivity index (χ1) is 11.2. The van der Waals surface area contributed by atoms with Gasteiger partial charge in [-0.25, -0.2) is 0 Å². The van der Waals surface area contributed by atoms with Crippen LogP contribution in [0, 0.1) is 11.8 Å². The lowest BCUT2D eigenvalue weighted by Crippen LogP contribution is -3.20. The Kier molecular flexibility index (Phi) is 5.38. The van der Waals surface area contributed by atoms with Gasteiger partial charge in [-0.1, -0.05) is 6.92 Å². The van der Waals surface area contributed by atoms with Crippen LogP contribution < -0.4 is 20.3 Å². The highest BCUT2D eigenvalue weighted by atomic mass is 32.1. The quantitative estimate of drug-likeness (QED) is 0.717. The Balaban J connectivity index is 1.46. The van der Waals surface area contributed by atoms with E-state index in [1.807, 2.05) is 24.3 Å². The van der Waals surface area contributed by atoms with Crippen molar-refractivity contribution >= 4 is 23.0 Å². The van der Waals surface area contributed by atoms with E-state index in [1.54, 1.807) is 12.0 Å². The van der Waals surface area contributed by atoms with E-state index in [2.05, 4.69) is 17.6 Å². The normalized spacial score (nSPS) is 29.1. The number of hydrogen-bond acceptors (Lipinski definition) is 2. The Morgan fingerprint density at radius 1 is 1.35 bits per heavy atom. The van der Waals surface area contributed by atoms with Crippen molar-refractivity contribution in [2.75, 3.05) is 32.1 Å². The van der Waals surface area contributed by atoms with E-state index in [4.69, 9.17) is 17.0 Å². The fraction of sp³-hybridized carbons (Fsp3) is 0.611. The van der Waals surface area contributed by atoms with Gasteiger partial charge in [-0.05, 0) is 48.8 Å². The minimum atomic E-state index is 0.712. The average molecular weight is 335 g/mol. The predicted octanol–water partition coefficient (Wildman–Crippen LogP) is 1.68. The van der Waals surface area contributed by atoms with Gasteiger partial charge in [-0.3, -0.25) is 0 Å². The van der Waals surface area contributed by atoms with Crippen molar-refractivity contribution in [1.82, 2.24) is 5.32 Å². The lowest BCUT2D eigenvalue weighted by atomic mass is 9.74. The zero-order valence-corrected chi connectivity index (χ0v) is 14.9. The molecular formula is C18H28N3OS+. The van der Waals surface area contributed by atoms with E-state index in [9.17, 15) is 0 Å². The molecule has 1 aromatic carbocycles. The molecule has 23 heavy (non-hydrogen) atoms. The number of nitrogens with one attached hydrogen (secondary N) is 3. The van der Waals surface area contributed by atoms with Crippen LogP contribution >= 0.6 is 12.2 Å². The van der Waals surface area contributed by atoms with Crippen LogP contribution in [0.25, 0.3) is 0 Å². The van der Waals surface area contributed by atoms with Crippen LogP contribution in [0.5, 0.6) is 5.75 Å². The zero-order chi connectivity index (χ0) is 16.2. The molecule has 0 radical (unpaired) electrons. The molecule has 0 saturated carbocycles. The van der Waals surface area contributed by atoms with Gasteiger partial charge in [0.25, 0.3) is 0 Å². The third-order valence-corrected chi connectivity index (χ3v) is 5.82. The second kappa shape index (κ2) is 7.49. The molecule has 3 aliphatic rings. The summed E-state index contributed by atoms with van der Waals surface area (Å²) >= 11 is 5.44. The molecule has 3 N–H and O–H groups in total. The molecule has 126 valence electrons. The molecule has 5 heteroatoms. The molecular weight excluding hydrogens is 306 g/mol. The highest BCUT2D eigenvalue weighted by Gasteiger charge is 2.42. The Bertz CT molecular complexity index is 534. The molecule has 3 heterocycles. The monoisotopic (exact) mass is 334 g/mol. The number of ether oxygens (including phenoxy) is 1. The van der Waals surface area contributed by atoms with E-state index in [0.29, 0.717) is 11.2 Å². The molecule has 3 saturated heterocycles. The number of rotatable bonds is 5. The number of benzene rings is 1. The topological polar surface area (TPSA) is 37.7 Å². The number of quaternary nitrogens is 1. The number of fused-ring (bicyclic) bond motifs is 3. The summed E-state index contributed by atoms with van der Waals surface area (Å²) in [5, 5.41) is 7.38. The van der Waals surface area contributed by atoms with Gasteiger partial charge in [0.15, 0.2) is 5.11 Å². The van der Waals surface area contributed by atoms with Crippen LogP contribution in [0.15, 0.2) is 24.3 Å². The first kappa shape index (κ1) is 16.5. The maximum atomic E-state index is 5.44. The molecule has 0 aromatic heterocycles. The molecule has 1 aromatic rings. The second-order valence-electron chi connectivity index (χ2n) is 6.83. The maximum Gasteiger partial charge on any atom is 0.170 e. The standard InChI is InChI=1S/C18H27N3OS/c1-3-13-12-21-9-8-14(13)10-16(21)11-19-18(23)20-15-4-6-17(22-2)7-5-15/h4-7,13-14,16H,3,8-12H2,1-2H3,(H2,19,20,23)/p+1/t13-,14-,16+/m0/s1.